The van der Waals surface area contributed by atoms with Crippen LogP contribution in [0.25, 0.3) is 6.08 Å². The molecule has 0 unspecified atom stereocenters. The third-order valence-electron chi connectivity index (χ3n) is 3.04. The molecule has 1 fully saturated rings. The van der Waals surface area contributed by atoms with E-state index in [1.165, 1.54) is 16.7 Å². The van der Waals surface area contributed by atoms with E-state index in [0.717, 1.165) is 5.56 Å². The monoisotopic (exact) mass is 337 g/mol. The molecular formula is C15H15NO4S2. The van der Waals surface area contributed by atoms with E-state index in [9.17, 15) is 9.59 Å². The summed E-state index contributed by atoms with van der Waals surface area (Å²) in [5, 5.41) is 8.65. The predicted molar refractivity (Wildman–Crippen MR) is 89.7 cm³/mol. The van der Waals surface area contributed by atoms with Crippen molar-refractivity contribution in [2.24, 2.45) is 0 Å². The topological polar surface area (TPSA) is 66.8 Å². The van der Waals surface area contributed by atoms with Crippen molar-refractivity contribution in [3.05, 3.63) is 34.7 Å². The number of carbonyl (C=O) groups is 2. The maximum atomic E-state index is 12.3. The first-order valence-electron chi connectivity index (χ1n) is 6.62. The minimum atomic E-state index is -0.877. The molecule has 1 amide bonds. The molecule has 0 saturated carbocycles. The molecule has 0 atom stereocenters. The molecule has 7 heteroatoms. The Balaban J connectivity index is 2.09. The first-order chi connectivity index (χ1) is 10.5. The third-order valence-corrected chi connectivity index (χ3v) is 4.42. The normalized spacial score (nSPS) is 16.4. The number of hydrogen-bond donors (Lipinski definition) is 1. The Morgan fingerprint density at radius 1 is 1.50 bits per heavy atom. The molecule has 1 N–H and O–H groups in total. The molecule has 1 heterocycles. The van der Waals surface area contributed by atoms with Crippen LogP contribution in [-0.2, 0) is 9.59 Å². The fraction of sp³-hybridized carbons (Fsp3) is 0.267. The molecule has 22 heavy (non-hydrogen) atoms. The number of thiocarbonyl (C=S) groups is 1. The molecule has 1 aliphatic heterocycles. The Labute approximate surface area is 137 Å². The van der Waals surface area contributed by atoms with E-state index in [1.807, 2.05) is 24.3 Å². The van der Waals surface area contributed by atoms with Gasteiger partial charge in [0.15, 0.2) is 0 Å². The van der Waals surface area contributed by atoms with Gasteiger partial charge in [-0.1, -0.05) is 36.1 Å². The number of ether oxygens (including phenoxy) is 1. The fourth-order valence-electron chi connectivity index (χ4n) is 1.96. The van der Waals surface area contributed by atoms with Gasteiger partial charge in [-0.05, 0) is 30.2 Å². The van der Waals surface area contributed by atoms with Crippen molar-refractivity contribution in [1.29, 1.82) is 0 Å². The molecule has 0 bridgehead atoms. The number of aliphatic carboxylic acids is 1. The van der Waals surface area contributed by atoms with E-state index in [4.69, 9.17) is 22.1 Å². The molecule has 1 saturated heterocycles. The summed E-state index contributed by atoms with van der Waals surface area (Å²) in [5.41, 5.74) is 0.852. The molecule has 0 spiro atoms. The number of carboxylic acids is 1. The second-order valence-corrected chi connectivity index (χ2v) is 6.28. The fourth-order valence-corrected chi connectivity index (χ4v) is 3.27. The Morgan fingerprint density at radius 2 is 2.27 bits per heavy atom. The van der Waals surface area contributed by atoms with E-state index in [-0.39, 0.29) is 12.3 Å². The number of carbonyl (C=O) groups excluding carboxylic acids is 1. The van der Waals surface area contributed by atoms with Crippen LogP contribution in [0.1, 0.15) is 18.4 Å². The Hall–Kier alpha value is -1.86. The van der Waals surface area contributed by atoms with Crippen molar-refractivity contribution >= 4 is 46.3 Å². The van der Waals surface area contributed by atoms with E-state index in [1.54, 1.807) is 13.2 Å². The van der Waals surface area contributed by atoms with E-state index in [0.29, 0.717) is 27.9 Å². The van der Waals surface area contributed by atoms with Gasteiger partial charge < -0.3 is 9.84 Å². The van der Waals surface area contributed by atoms with Gasteiger partial charge in [-0.25, -0.2) is 0 Å². The summed E-state index contributed by atoms with van der Waals surface area (Å²) in [4.78, 5) is 24.8. The van der Waals surface area contributed by atoms with Crippen molar-refractivity contribution in [3.8, 4) is 5.75 Å². The smallest absolute Gasteiger partial charge is 0.303 e. The number of nitrogens with zero attached hydrogens (tertiary/aromatic N) is 1. The molecule has 1 aromatic carbocycles. The average Bonchev–Trinajstić information content (AvgIpc) is 2.74. The maximum absolute atomic E-state index is 12.3. The van der Waals surface area contributed by atoms with Crippen LogP contribution in [0.5, 0.6) is 5.75 Å². The van der Waals surface area contributed by atoms with Crippen LogP contribution in [0.3, 0.4) is 0 Å². The van der Waals surface area contributed by atoms with E-state index in [2.05, 4.69) is 0 Å². The summed E-state index contributed by atoms with van der Waals surface area (Å²) < 4.78 is 5.61. The predicted octanol–water partition coefficient (Wildman–Crippen LogP) is 2.76. The lowest BCUT2D eigenvalue weighted by atomic mass is 10.2. The highest BCUT2D eigenvalue weighted by Gasteiger charge is 2.31. The van der Waals surface area contributed by atoms with Crippen LogP contribution in [0.15, 0.2) is 29.2 Å². The zero-order chi connectivity index (χ0) is 16.1. The van der Waals surface area contributed by atoms with Gasteiger partial charge in [-0.15, -0.1) is 0 Å². The highest BCUT2D eigenvalue weighted by Crippen LogP contribution is 2.33. The first kappa shape index (κ1) is 16.5. The second-order valence-electron chi connectivity index (χ2n) is 4.61. The molecule has 5 nitrogen and oxygen atoms in total. The van der Waals surface area contributed by atoms with Gasteiger partial charge in [0.25, 0.3) is 5.91 Å². The molecular weight excluding hydrogens is 322 g/mol. The minimum Gasteiger partial charge on any atom is -0.497 e. The van der Waals surface area contributed by atoms with Gasteiger partial charge in [0.1, 0.15) is 10.1 Å². The van der Waals surface area contributed by atoms with Gasteiger partial charge in [0, 0.05) is 13.0 Å². The molecule has 2 rings (SSSR count). The van der Waals surface area contributed by atoms with Crippen LogP contribution in [0.4, 0.5) is 0 Å². The molecule has 1 aliphatic rings. The van der Waals surface area contributed by atoms with Gasteiger partial charge in [-0.3, -0.25) is 14.5 Å². The summed E-state index contributed by atoms with van der Waals surface area (Å²) in [6, 6.07) is 7.38. The van der Waals surface area contributed by atoms with E-state index >= 15 is 0 Å². The summed E-state index contributed by atoms with van der Waals surface area (Å²) >= 11 is 6.42. The molecule has 116 valence electrons. The molecule has 0 aliphatic carbocycles. The van der Waals surface area contributed by atoms with Crippen LogP contribution < -0.4 is 4.74 Å². The molecule has 0 aromatic heterocycles. The van der Waals surface area contributed by atoms with Crippen molar-refractivity contribution in [2.45, 2.75) is 12.8 Å². The second kappa shape index (κ2) is 7.42. The van der Waals surface area contributed by atoms with E-state index < -0.39 is 5.97 Å². The number of rotatable bonds is 6. The number of benzene rings is 1. The Morgan fingerprint density at radius 3 is 2.95 bits per heavy atom. The minimum absolute atomic E-state index is 0.0198. The lowest BCUT2D eigenvalue weighted by Gasteiger charge is -2.13. The molecule has 1 aromatic rings. The number of methoxy groups -OCH3 is 1. The Kier molecular flexibility index (Phi) is 5.57. The van der Waals surface area contributed by atoms with Crippen LogP contribution >= 0.6 is 24.0 Å². The number of amides is 1. The van der Waals surface area contributed by atoms with Crippen molar-refractivity contribution in [3.63, 3.8) is 0 Å². The number of thioether (sulfide) groups is 1. The highest BCUT2D eigenvalue weighted by molar-refractivity contribution is 8.26. The number of hydrogen-bond acceptors (Lipinski definition) is 5. The van der Waals surface area contributed by atoms with Gasteiger partial charge >= 0.3 is 5.97 Å². The summed E-state index contributed by atoms with van der Waals surface area (Å²) in [6.45, 7) is 0.326. The average molecular weight is 337 g/mol. The third kappa shape index (κ3) is 4.08. The summed E-state index contributed by atoms with van der Waals surface area (Å²) in [6.07, 6.45) is 2.17. The quantitative estimate of drug-likeness (QED) is 0.636. The summed E-state index contributed by atoms with van der Waals surface area (Å²) in [7, 11) is 1.58. The SMILES string of the molecule is COc1cccc(/C=C2/SC(=S)N(CCCC(=O)O)C2=O)c1. The highest BCUT2D eigenvalue weighted by atomic mass is 32.2. The van der Waals surface area contributed by atoms with Crippen molar-refractivity contribution in [2.75, 3.05) is 13.7 Å². The van der Waals surface area contributed by atoms with Gasteiger partial charge in [0.2, 0.25) is 0 Å². The van der Waals surface area contributed by atoms with Crippen LogP contribution in [-0.4, -0.2) is 39.9 Å². The van der Waals surface area contributed by atoms with Crippen LogP contribution in [0.2, 0.25) is 0 Å². The standard InChI is InChI=1S/C15H15NO4S2/c1-20-11-5-2-4-10(8-11)9-12-14(19)16(15(21)22-12)7-3-6-13(17)18/h2,4-5,8-9H,3,6-7H2,1H3,(H,17,18)/b12-9+. The largest absolute Gasteiger partial charge is 0.497 e. The zero-order valence-electron chi connectivity index (χ0n) is 11.9. The lowest BCUT2D eigenvalue weighted by molar-refractivity contribution is -0.137. The van der Waals surface area contributed by atoms with Gasteiger partial charge in [0.05, 0.1) is 12.0 Å². The lowest BCUT2D eigenvalue weighted by Crippen LogP contribution is -2.29. The number of carboxylic acid groups (broad SMARTS) is 1. The maximum Gasteiger partial charge on any atom is 0.303 e. The van der Waals surface area contributed by atoms with Gasteiger partial charge in [-0.2, -0.15) is 0 Å². The van der Waals surface area contributed by atoms with Crippen molar-refractivity contribution < 1.29 is 19.4 Å². The van der Waals surface area contributed by atoms with Crippen molar-refractivity contribution in [1.82, 2.24) is 4.90 Å². The zero-order valence-corrected chi connectivity index (χ0v) is 13.6. The first-order valence-corrected chi connectivity index (χ1v) is 7.85. The summed E-state index contributed by atoms with van der Waals surface area (Å²) in [5.74, 6) is -0.341. The van der Waals surface area contributed by atoms with Crippen LogP contribution in [0, 0.1) is 0 Å². The Bertz CT molecular complexity index is 642. The molecule has 0 radical (unpaired) electrons.